The molecule has 10 heteroatoms. The number of hydrogen-bond acceptors (Lipinski definition) is 7. The molecule has 3 heterocycles. The molecule has 2 aromatic rings. The molecule has 0 radical (unpaired) electrons. The summed E-state index contributed by atoms with van der Waals surface area (Å²) >= 11 is 1.34. The molecule has 0 aromatic carbocycles. The number of aryl methyl sites for hydroxylation is 1. The second-order valence-corrected chi connectivity index (χ2v) is 12.0. The largest absolute Gasteiger partial charge is 0.353 e. The van der Waals surface area contributed by atoms with Gasteiger partial charge >= 0.3 is 0 Å². The van der Waals surface area contributed by atoms with E-state index in [1.165, 1.54) is 15.6 Å². The number of carbonyl (C=O) groups is 1. The summed E-state index contributed by atoms with van der Waals surface area (Å²) in [6.45, 7) is 6.37. The smallest absolute Gasteiger partial charge is 0.244 e. The van der Waals surface area contributed by atoms with Crippen molar-refractivity contribution >= 4 is 27.3 Å². The fraction of sp³-hybridized carbons (Fsp3) is 0.667. The van der Waals surface area contributed by atoms with Gasteiger partial charge in [0, 0.05) is 29.9 Å². The lowest BCUT2D eigenvalue weighted by Gasteiger charge is -2.31. The number of hydrogen-bond donors (Lipinski definition) is 1. The van der Waals surface area contributed by atoms with Crippen LogP contribution in [0.2, 0.25) is 0 Å². The molecule has 0 unspecified atom stereocenters. The van der Waals surface area contributed by atoms with Gasteiger partial charge in [0.25, 0.3) is 0 Å². The first-order valence-electron chi connectivity index (χ1n) is 11.0. The van der Waals surface area contributed by atoms with Gasteiger partial charge in [-0.3, -0.25) is 4.79 Å². The van der Waals surface area contributed by atoms with Crippen LogP contribution < -0.4 is 5.32 Å². The second-order valence-electron chi connectivity index (χ2n) is 8.83. The second kappa shape index (κ2) is 8.99. The SMILES string of the molecule is Cc1sc(-c2noc(C(C)C)n2)cc1S(=O)(=O)N1CCC[C@@H](C(=O)NC2CCCC2)C1. The molecule has 31 heavy (non-hydrogen) atoms. The topological polar surface area (TPSA) is 105 Å². The van der Waals surface area contributed by atoms with Gasteiger partial charge in [-0.15, -0.1) is 11.3 Å². The molecular formula is C21H30N4O4S2. The van der Waals surface area contributed by atoms with Crippen LogP contribution in [0.4, 0.5) is 0 Å². The molecule has 2 aromatic heterocycles. The maximum atomic E-state index is 13.4. The van der Waals surface area contributed by atoms with Crippen LogP contribution in [0.1, 0.15) is 69.1 Å². The Morgan fingerprint density at radius 2 is 2.00 bits per heavy atom. The van der Waals surface area contributed by atoms with Gasteiger partial charge in [-0.2, -0.15) is 9.29 Å². The van der Waals surface area contributed by atoms with E-state index in [2.05, 4.69) is 15.5 Å². The number of rotatable bonds is 6. The van der Waals surface area contributed by atoms with E-state index in [1.54, 1.807) is 13.0 Å². The minimum absolute atomic E-state index is 0.0115. The molecule has 8 nitrogen and oxygen atoms in total. The minimum Gasteiger partial charge on any atom is -0.353 e. The third-order valence-electron chi connectivity index (χ3n) is 6.10. The zero-order chi connectivity index (χ0) is 22.2. The van der Waals surface area contributed by atoms with Crippen LogP contribution in [0.3, 0.4) is 0 Å². The fourth-order valence-electron chi connectivity index (χ4n) is 4.30. The number of amides is 1. The maximum absolute atomic E-state index is 13.4. The van der Waals surface area contributed by atoms with Crippen molar-refractivity contribution < 1.29 is 17.7 Å². The third kappa shape index (κ3) is 4.70. The molecule has 2 aliphatic rings. The molecular weight excluding hydrogens is 436 g/mol. The van der Waals surface area contributed by atoms with E-state index in [1.807, 2.05) is 13.8 Å². The summed E-state index contributed by atoms with van der Waals surface area (Å²) in [5.41, 5.74) is 0. The van der Waals surface area contributed by atoms with Gasteiger partial charge in [0.1, 0.15) is 0 Å². The van der Waals surface area contributed by atoms with E-state index in [9.17, 15) is 13.2 Å². The van der Waals surface area contributed by atoms with Crippen molar-refractivity contribution in [2.24, 2.45) is 5.92 Å². The van der Waals surface area contributed by atoms with E-state index in [0.29, 0.717) is 34.4 Å². The Labute approximate surface area is 187 Å². The number of sulfonamides is 1. The van der Waals surface area contributed by atoms with Crippen molar-refractivity contribution in [2.75, 3.05) is 13.1 Å². The number of aromatic nitrogens is 2. The van der Waals surface area contributed by atoms with Gasteiger partial charge < -0.3 is 9.84 Å². The predicted molar refractivity (Wildman–Crippen MR) is 118 cm³/mol. The molecule has 1 amide bonds. The Bertz CT molecular complexity index is 1040. The van der Waals surface area contributed by atoms with Crippen molar-refractivity contribution in [2.45, 2.75) is 76.2 Å². The monoisotopic (exact) mass is 466 g/mol. The van der Waals surface area contributed by atoms with Gasteiger partial charge in [-0.25, -0.2) is 8.42 Å². The van der Waals surface area contributed by atoms with Crippen molar-refractivity contribution in [1.29, 1.82) is 0 Å². The number of thiophene rings is 1. The summed E-state index contributed by atoms with van der Waals surface area (Å²) in [4.78, 5) is 18.7. The normalized spacial score (nSPS) is 21.1. The molecule has 1 aliphatic heterocycles. The Kier molecular flexibility index (Phi) is 6.50. The fourth-order valence-corrected chi connectivity index (χ4v) is 7.31. The van der Waals surface area contributed by atoms with E-state index < -0.39 is 10.0 Å². The van der Waals surface area contributed by atoms with Crippen molar-refractivity contribution in [3.63, 3.8) is 0 Å². The molecule has 4 rings (SSSR count). The van der Waals surface area contributed by atoms with Crippen LogP contribution in [-0.4, -0.2) is 47.9 Å². The van der Waals surface area contributed by atoms with Gasteiger partial charge in [-0.1, -0.05) is 31.8 Å². The molecule has 1 saturated heterocycles. The summed E-state index contributed by atoms with van der Waals surface area (Å²) in [7, 11) is -3.71. The van der Waals surface area contributed by atoms with Gasteiger partial charge in [0.15, 0.2) is 0 Å². The van der Waals surface area contributed by atoms with Gasteiger partial charge in [-0.05, 0) is 38.7 Å². The zero-order valence-corrected chi connectivity index (χ0v) is 19.9. The van der Waals surface area contributed by atoms with Crippen LogP contribution in [0.25, 0.3) is 10.7 Å². The van der Waals surface area contributed by atoms with Crippen molar-refractivity contribution in [3.05, 3.63) is 16.8 Å². The lowest BCUT2D eigenvalue weighted by atomic mass is 9.98. The molecule has 0 spiro atoms. The van der Waals surface area contributed by atoms with Crippen LogP contribution in [0, 0.1) is 12.8 Å². The van der Waals surface area contributed by atoms with E-state index in [0.717, 1.165) is 32.1 Å². The number of nitrogens with zero attached hydrogens (tertiary/aromatic N) is 3. The highest BCUT2D eigenvalue weighted by Gasteiger charge is 2.35. The lowest BCUT2D eigenvalue weighted by Crippen LogP contribution is -2.47. The predicted octanol–water partition coefficient (Wildman–Crippen LogP) is 3.69. The summed E-state index contributed by atoms with van der Waals surface area (Å²) in [5, 5.41) is 7.13. The highest BCUT2D eigenvalue weighted by atomic mass is 32.2. The van der Waals surface area contributed by atoms with Crippen LogP contribution in [0.15, 0.2) is 15.5 Å². The molecule has 1 N–H and O–H groups in total. The average Bonchev–Trinajstić information content (AvgIpc) is 3.48. The molecule has 1 aliphatic carbocycles. The Balaban J connectivity index is 1.50. The standard InChI is InChI=1S/C21H30N4O4S2/c1-13(2)21-23-19(24-29-21)17-11-18(14(3)30-17)31(27,28)25-10-6-7-15(12-25)20(26)22-16-8-4-5-9-16/h11,13,15-16H,4-10,12H2,1-3H3,(H,22,26)/t15-/m1/s1. The summed E-state index contributed by atoms with van der Waals surface area (Å²) in [6.07, 6.45) is 5.74. The molecule has 1 saturated carbocycles. The van der Waals surface area contributed by atoms with Crippen LogP contribution in [-0.2, 0) is 14.8 Å². The number of carbonyl (C=O) groups excluding carboxylic acids is 1. The molecule has 0 bridgehead atoms. The van der Waals surface area contributed by atoms with Gasteiger partial charge in [0.2, 0.25) is 27.6 Å². The first-order chi connectivity index (χ1) is 14.8. The summed E-state index contributed by atoms with van der Waals surface area (Å²) in [6, 6.07) is 1.87. The van der Waals surface area contributed by atoms with Crippen LogP contribution in [0.5, 0.6) is 0 Å². The first-order valence-corrected chi connectivity index (χ1v) is 13.3. The average molecular weight is 467 g/mol. The molecule has 1 atom stereocenters. The highest BCUT2D eigenvalue weighted by molar-refractivity contribution is 7.89. The highest BCUT2D eigenvalue weighted by Crippen LogP contribution is 2.35. The molecule has 170 valence electrons. The van der Waals surface area contributed by atoms with Crippen molar-refractivity contribution in [3.8, 4) is 10.7 Å². The summed E-state index contributed by atoms with van der Waals surface area (Å²) in [5.74, 6) is 0.727. The number of nitrogens with one attached hydrogen (secondary N) is 1. The van der Waals surface area contributed by atoms with E-state index in [4.69, 9.17) is 4.52 Å². The van der Waals surface area contributed by atoms with Crippen molar-refractivity contribution in [1.82, 2.24) is 19.8 Å². The van der Waals surface area contributed by atoms with E-state index in [-0.39, 0.29) is 35.2 Å². The lowest BCUT2D eigenvalue weighted by molar-refractivity contribution is -0.126. The zero-order valence-electron chi connectivity index (χ0n) is 18.3. The molecule has 2 fully saturated rings. The Morgan fingerprint density at radius 1 is 1.26 bits per heavy atom. The first kappa shape index (κ1) is 22.4. The maximum Gasteiger partial charge on any atom is 0.244 e. The quantitative estimate of drug-likeness (QED) is 0.696. The Morgan fingerprint density at radius 3 is 2.68 bits per heavy atom. The van der Waals surface area contributed by atoms with E-state index >= 15 is 0 Å². The Hall–Kier alpha value is -1.78. The summed E-state index contributed by atoms with van der Waals surface area (Å²) < 4.78 is 33.6. The van der Waals surface area contributed by atoms with Crippen LogP contribution >= 0.6 is 11.3 Å². The van der Waals surface area contributed by atoms with Gasteiger partial charge in [0.05, 0.1) is 15.7 Å². The minimum atomic E-state index is -3.71. The number of piperidine rings is 1. The third-order valence-corrected chi connectivity index (χ3v) is 9.27.